The van der Waals surface area contributed by atoms with Crippen LogP contribution in [-0.2, 0) is 14.3 Å². The van der Waals surface area contributed by atoms with Crippen molar-refractivity contribution in [2.75, 3.05) is 43.7 Å². The summed E-state index contributed by atoms with van der Waals surface area (Å²) in [7, 11) is 1.42. The van der Waals surface area contributed by atoms with Crippen LogP contribution < -0.4 is 15.0 Å². The summed E-state index contributed by atoms with van der Waals surface area (Å²) in [6.07, 6.45) is 6.25. The van der Waals surface area contributed by atoms with Gasteiger partial charge in [0.25, 0.3) is 0 Å². The van der Waals surface area contributed by atoms with Crippen LogP contribution in [0.15, 0.2) is 30.6 Å². The first-order valence-electron chi connectivity index (χ1n) is 12.7. The van der Waals surface area contributed by atoms with Gasteiger partial charge in [-0.2, -0.15) is 0 Å². The number of methoxy groups -OCH3 is 1. The van der Waals surface area contributed by atoms with Crippen LogP contribution in [0.2, 0.25) is 0 Å². The van der Waals surface area contributed by atoms with Gasteiger partial charge >= 0.3 is 12.0 Å². The molecule has 0 saturated carbocycles. The number of rotatable bonds is 12. The fourth-order valence-electron chi connectivity index (χ4n) is 4.51. The summed E-state index contributed by atoms with van der Waals surface area (Å²) in [4.78, 5) is 22.9. The highest BCUT2D eigenvalue weighted by Crippen LogP contribution is 2.37. The van der Waals surface area contributed by atoms with Crippen molar-refractivity contribution in [2.24, 2.45) is 0 Å². The van der Waals surface area contributed by atoms with Crippen LogP contribution in [0.3, 0.4) is 0 Å². The Morgan fingerprint density at radius 3 is 2.53 bits per heavy atom. The maximum absolute atomic E-state index is 12.0. The number of hydrogen-bond acceptors (Lipinski definition) is 9. The summed E-state index contributed by atoms with van der Waals surface area (Å²) < 4.78 is 15.9. The van der Waals surface area contributed by atoms with Crippen molar-refractivity contribution >= 4 is 23.0 Å². The molecular formula is C27H40N4O5. The van der Waals surface area contributed by atoms with Gasteiger partial charge in [-0.3, -0.25) is 4.79 Å². The number of benzene rings is 1. The van der Waals surface area contributed by atoms with Crippen LogP contribution in [-0.4, -0.2) is 66.2 Å². The van der Waals surface area contributed by atoms with E-state index < -0.39 is 5.60 Å². The molecular weight excluding hydrogens is 460 g/mol. The lowest BCUT2D eigenvalue weighted by Gasteiger charge is -2.40. The normalized spacial score (nSPS) is 15.3. The van der Waals surface area contributed by atoms with E-state index in [4.69, 9.17) is 14.2 Å². The standard InChI is InChI=1S/C27H40N4O5/c1-6-19(15-25(32)34-5)20-8-9-24(31(18-27(3,4)33)22-10-12-35-13-11-22)23(14-20)30-21-16-28-26(29-17-21)36-7-2/h8-9,14,16-17,19,22,30,33H,6-7,10-13,15,18H2,1-5H3/t19-/m0/s1. The lowest BCUT2D eigenvalue weighted by atomic mass is 9.92. The molecule has 0 bridgehead atoms. The third-order valence-corrected chi connectivity index (χ3v) is 6.30. The molecule has 1 aromatic heterocycles. The smallest absolute Gasteiger partial charge is 0.316 e. The van der Waals surface area contributed by atoms with E-state index in [9.17, 15) is 9.90 Å². The van der Waals surface area contributed by atoms with Gasteiger partial charge in [0.2, 0.25) is 0 Å². The van der Waals surface area contributed by atoms with Crippen molar-refractivity contribution in [3.05, 3.63) is 36.2 Å². The maximum atomic E-state index is 12.0. The molecule has 9 heteroatoms. The fraction of sp³-hybridized carbons (Fsp3) is 0.593. The molecule has 0 aliphatic carbocycles. The molecule has 0 unspecified atom stereocenters. The molecule has 1 aromatic carbocycles. The van der Waals surface area contributed by atoms with E-state index >= 15 is 0 Å². The van der Waals surface area contributed by atoms with E-state index in [1.165, 1.54) is 7.11 Å². The minimum absolute atomic E-state index is 0.0226. The molecule has 3 rings (SSSR count). The highest BCUT2D eigenvalue weighted by molar-refractivity contribution is 5.77. The second-order valence-corrected chi connectivity index (χ2v) is 9.76. The average Bonchev–Trinajstić information content (AvgIpc) is 2.87. The van der Waals surface area contributed by atoms with Crippen LogP contribution in [0, 0.1) is 0 Å². The highest BCUT2D eigenvalue weighted by Gasteiger charge is 2.29. The number of aromatic nitrogens is 2. The predicted octanol–water partition coefficient (Wildman–Crippen LogP) is 4.43. The maximum Gasteiger partial charge on any atom is 0.316 e. The molecule has 1 fully saturated rings. The zero-order chi connectivity index (χ0) is 26.1. The van der Waals surface area contributed by atoms with Crippen molar-refractivity contribution in [3.63, 3.8) is 0 Å². The summed E-state index contributed by atoms with van der Waals surface area (Å²) >= 11 is 0. The van der Waals surface area contributed by atoms with E-state index in [1.54, 1.807) is 12.4 Å². The largest absolute Gasteiger partial charge is 0.469 e. The van der Waals surface area contributed by atoms with E-state index in [-0.39, 0.29) is 17.9 Å². The van der Waals surface area contributed by atoms with Crippen molar-refractivity contribution < 1.29 is 24.1 Å². The molecule has 9 nitrogen and oxygen atoms in total. The third-order valence-electron chi connectivity index (χ3n) is 6.30. The van der Waals surface area contributed by atoms with Gasteiger partial charge in [0.1, 0.15) is 0 Å². The van der Waals surface area contributed by atoms with Crippen LogP contribution in [0.5, 0.6) is 6.01 Å². The van der Waals surface area contributed by atoms with Gasteiger partial charge in [-0.25, -0.2) is 9.97 Å². The number of aliphatic hydroxyl groups is 1. The summed E-state index contributed by atoms with van der Waals surface area (Å²) in [5, 5.41) is 14.3. The van der Waals surface area contributed by atoms with Gasteiger partial charge in [-0.05, 0) is 63.6 Å². The van der Waals surface area contributed by atoms with Crippen molar-refractivity contribution in [2.45, 2.75) is 70.9 Å². The first-order valence-corrected chi connectivity index (χ1v) is 12.7. The van der Waals surface area contributed by atoms with E-state index in [2.05, 4.69) is 45.3 Å². The van der Waals surface area contributed by atoms with Gasteiger partial charge in [-0.1, -0.05) is 13.0 Å². The van der Waals surface area contributed by atoms with Crippen molar-refractivity contribution in [1.82, 2.24) is 9.97 Å². The third kappa shape index (κ3) is 7.80. The molecule has 1 aliphatic rings. The quantitative estimate of drug-likeness (QED) is 0.409. The second-order valence-electron chi connectivity index (χ2n) is 9.76. The molecule has 1 atom stereocenters. The summed E-state index contributed by atoms with van der Waals surface area (Å²) in [6, 6.07) is 6.79. The molecule has 0 amide bonds. The Bertz CT molecular complexity index is 971. The lowest BCUT2D eigenvalue weighted by Crippen LogP contribution is -2.47. The number of carbonyl (C=O) groups excluding carboxylic acids is 1. The summed E-state index contributed by atoms with van der Waals surface area (Å²) in [5.41, 5.74) is 2.69. The number of carbonyl (C=O) groups is 1. The van der Waals surface area contributed by atoms with Gasteiger partial charge in [0.05, 0.1) is 55.2 Å². The first kappa shape index (κ1) is 27.7. The van der Waals surface area contributed by atoms with Gasteiger partial charge < -0.3 is 29.5 Å². The molecule has 2 aromatic rings. The Kier molecular flexibility index (Phi) is 9.89. The molecule has 2 heterocycles. The molecule has 1 saturated heterocycles. The van der Waals surface area contributed by atoms with Gasteiger partial charge in [-0.15, -0.1) is 0 Å². The SMILES string of the molecule is CCOc1ncc(Nc2cc([C@@H](CC)CC(=O)OC)ccc2N(CC(C)(C)O)C2CCOCC2)cn1. The molecule has 36 heavy (non-hydrogen) atoms. The van der Waals surface area contributed by atoms with E-state index in [1.807, 2.05) is 20.8 Å². The Morgan fingerprint density at radius 2 is 1.94 bits per heavy atom. The van der Waals surface area contributed by atoms with Crippen LogP contribution >= 0.6 is 0 Å². The molecule has 2 N–H and O–H groups in total. The Hall–Kier alpha value is -2.91. The fourth-order valence-corrected chi connectivity index (χ4v) is 4.51. The Labute approximate surface area is 214 Å². The molecule has 1 aliphatic heterocycles. The Morgan fingerprint density at radius 1 is 1.25 bits per heavy atom. The molecule has 198 valence electrons. The summed E-state index contributed by atoms with van der Waals surface area (Å²) in [6.45, 7) is 9.95. The van der Waals surface area contributed by atoms with Crippen LogP contribution in [0.1, 0.15) is 64.9 Å². The number of esters is 1. The number of nitrogens with zero attached hydrogens (tertiary/aromatic N) is 3. The number of hydrogen-bond donors (Lipinski definition) is 2. The minimum Gasteiger partial charge on any atom is -0.469 e. The zero-order valence-electron chi connectivity index (χ0n) is 22.1. The number of ether oxygens (including phenoxy) is 3. The van der Waals surface area contributed by atoms with Crippen molar-refractivity contribution in [1.29, 1.82) is 0 Å². The zero-order valence-corrected chi connectivity index (χ0v) is 22.1. The molecule has 0 radical (unpaired) electrons. The number of nitrogens with one attached hydrogen (secondary N) is 1. The van der Waals surface area contributed by atoms with Gasteiger partial charge in [0.15, 0.2) is 0 Å². The summed E-state index contributed by atoms with van der Waals surface area (Å²) in [5.74, 6) is -0.208. The average molecular weight is 501 g/mol. The minimum atomic E-state index is -0.896. The lowest BCUT2D eigenvalue weighted by molar-refractivity contribution is -0.141. The highest BCUT2D eigenvalue weighted by atomic mass is 16.5. The monoisotopic (exact) mass is 500 g/mol. The second kappa shape index (κ2) is 12.9. The first-order chi connectivity index (χ1) is 17.2. The van der Waals surface area contributed by atoms with Gasteiger partial charge in [0, 0.05) is 25.8 Å². The van der Waals surface area contributed by atoms with E-state index in [0.717, 1.165) is 36.2 Å². The topological polar surface area (TPSA) is 106 Å². The number of anilines is 3. The Balaban J connectivity index is 2.03. The van der Waals surface area contributed by atoms with Crippen molar-refractivity contribution in [3.8, 4) is 6.01 Å². The predicted molar refractivity (Wildman–Crippen MR) is 140 cm³/mol. The molecule has 0 spiro atoms. The van der Waals surface area contributed by atoms with Crippen LogP contribution in [0.4, 0.5) is 17.1 Å². The van der Waals surface area contributed by atoms with E-state index in [0.29, 0.717) is 44.5 Å². The van der Waals surface area contributed by atoms with Crippen LogP contribution in [0.25, 0.3) is 0 Å².